The number of carbonyl (C=O) groups is 1. The van der Waals surface area contributed by atoms with Gasteiger partial charge >= 0.3 is 0 Å². The van der Waals surface area contributed by atoms with E-state index in [0.29, 0.717) is 26.2 Å². The SMILES string of the molecule is O=C(N[C@@H]1COCC[C@@H]1OCc1ccccc1)c1cncc(F)c1. The summed E-state index contributed by atoms with van der Waals surface area (Å²) < 4.78 is 24.6. The molecule has 1 N–H and O–H groups in total. The van der Waals surface area contributed by atoms with Crippen LogP contribution in [0.5, 0.6) is 0 Å². The van der Waals surface area contributed by atoms with Gasteiger partial charge in [0.2, 0.25) is 0 Å². The predicted molar refractivity (Wildman–Crippen MR) is 85.9 cm³/mol. The largest absolute Gasteiger partial charge is 0.379 e. The van der Waals surface area contributed by atoms with E-state index in [-0.39, 0.29) is 23.6 Å². The van der Waals surface area contributed by atoms with Gasteiger partial charge in [0.05, 0.1) is 37.1 Å². The predicted octanol–water partition coefficient (Wildman–Crippen LogP) is 2.32. The molecule has 0 unspecified atom stereocenters. The Morgan fingerprint density at radius 3 is 2.96 bits per heavy atom. The smallest absolute Gasteiger partial charge is 0.253 e. The summed E-state index contributed by atoms with van der Waals surface area (Å²) in [6, 6.07) is 10.7. The minimum atomic E-state index is -0.542. The van der Waals surface area contributed by atoms with Crippen molar-refractivity contribution >= 4 is 5.91 Å². The molecule has 2 aromatic rings. The van der Waals surface area contributed by atoms with Crippen LogP contribution in [0.15, 0.2) is 48.8 Å². The molecule has 5 nitrogen and oxygen atoms in total. The van der Waals surface area contributed by atoms with Gasteiger partial charge in [-0.1, -0.05) is 30.3 Å². The quantitative estimate of drug-likeness (QED) is 0.914. The van der Waals surface area contributed by atoms with Gasteiger partial charge < -0.3 is 14.8 Å². The summed E-state index contributed by atoms with van der Waals surface area (Å²) in [6.07, 6.45) is 2.94. The highest BCUT2D eigenvalue weighted by Gasteiger charge is 2.28. The van der Waals surface area contributed by atoms with Gasteiger partial charge in [-0.2, -0.15) is 0 Å². The molecule has 0 spiro atoms. The molecule has 1 aliphatic rings. The lowest BCUT2D eigenvalue weighted by atomic mass is 10.1. The zero-order valence-corrected chi connectivity index (χ0v) is 13.2. The summed E-state index contributed by atoms with van der Waals surface area (Å²) in [5.74, 6) is -0.926. The van der Waals surface area contributed by atoms with Crippen LogP contribution in [0.1, 0.15) is 22.3 Å². The fraction of sp³-hybridized carbons (Fsp3) is 0.333. The molecule has 0 aliphatic carbocycles. The van der Waals surface area contributed by atoms with Crippen molar-refractivity contribution in [1.29, 1.82) is 0 Å². The first-order valence-corrected chi connectivity index (χ1v) is 7.87. The van der Waals surface area contributed by atoms with Gasteiger partial charge in [-0.05, 0) is 18.1 Å². The molecule has 1 amide bonds. The Morgan fingerprint density at radius 1 is 1.33 bits per heavy atom. The number of nitrogens with one attached hydrogen (secondary N) is 1. The molecule has 24 heavy (non-hydrogen) atoms. The van der Waals surface area contributed by atoms with E-state index in [0.717, 1.165) is 17.8 Å². The zero-order chi connectivity index (χ0) is 16.8. The number of pyridine rings is 1. The summed E-state index contributed by atoms with van der Waals surface area (Å²) in [6.45, 7) is 1.43. The lowest BCUT2D eigenvalue weighted by Gasteiger charge is -2.32. The van der Waals surface area contributed by atoms with E-state index < -0.39 is 5.82 Å². The molecule has 2 heterocycles. The number of rotatable bonds is 5. The van der Waals surface area contributed by atoms with Gasteiger partial charge in [-0.25, -0.2) is 4.39 Å². The minimum Gasteiger partial charge on any atom is -0.379 e. The highest BCUT2D eigenvalue weighted by molar-refractivity contribution is 5.94. The van der Waals surface area contributed by atoms with Crippen molar-refractivity contribution in [2.24, 2.45) is 0 Å². The second kappa shape index (κ2) is 7.99. The van der Waals surface area contributed by atoms with E-state index >= 15 is 0 Å². The fourth-order valence-corrected chi connectivity index (χ4v) is 2.62. The van der Waals surface area contributed by atoms with Gasteiger partial charge in [0.15, 0.2) is 0 Å². The Bertz CT molecular complexity index is 681. The first-order chi connectivity index (χ1) is 11.7. The lowest BCUT2D eigenvalue weighted by Crippen LogP contribution is -2.50. The third kappa shape index (κ3) is 4.37. The Hall–Kier alpha value is -2.31. The molecular weight excluding hydrogens is 311 g/mol. The Balaban J connectivity index is 1.60. The number of halogens is 1. The minimum absolute atomic E-state index is 0.149. The van der Waals surface area contributed by atoms with Crippen LogP contribution in [-0.4, -0.2) is 36.3 Å². The summed E-state index contributed by atoms with van der Waals surface area (Å²) in [5, 5.41) is 2.85. The van der Waals surface area contributed by atoms with Crippen molar-refractivity contribution in [3.05, 3.63) is 65.7 Å². The molecule has 3 rings (SSSR count). The standard InChI is InChI=1S/C18H19FN2O3/c19-15-8-14(9-20-10-15)18(22)21-16-12-23-7-6-17(16)24-11-13-4-2-1-3-5-13/h1-5,8-10,16-17H,6-7,11-12H2,(H,21,22)/t16-,17+/m1/s1. The molecule has 0 bridgehead atoms. The van der Waals surface area contributed by atoms with Crippen LogP contribution in [0.25, 0.3) is 0 Å². The maximum Gasteiger partial charge on any atom is 0.253 e. The normalized spacial score (nSPS) is 20.5. The van der Waals surface area contributed by atoms with Crippen molar-refractivity contribution in [1.82, 2.24) is 10.3 Å². The van der Waals surface area contributed by atoms with E-state index in [1.54, 1.807) is 0 Å². The van der Waals surface area contributed by atoms with Gasteiger partial charge in [-0.3, -0.25) is 9.78 Å². The van der Waals surface area contributed by atoms with Crippen molar-refractivity contribution < 1.29 is 18.7 Å². The zero-order valence-electron chi connectivity index (χ0n) is 13.2. The average molecular weight is 330 g/mol. The highest BCUT2D eigenvalue weighted by atomic mass is 19.1. The number of nitrogens with zero attached hydrogens (tertiary/aromatic N) is 1. The molecule has 0 saturated carbocycles. The molecule has 1 aromatic carbocycles. The third-order valence-electron chi connectivity index (χ3n) is 3.88. The molecule has 2 atom stereocenters. The van der Waals surface area contributed by atoms with Crippen LogP contribution in [0.2, 0.25) is 0 Å². The fourth-order valence-electron chi connectivity index (χ4n) is 2.62. The summed E-state index contributed by atoms with van der Waals surface area (Å²) >= 11 is 0. The first kappa shape index (κ1) is 16.5. The van der Waals surface area contributed by atoms with E-state index in [4.69, 9.17) is 9.47 Å². The number of ether oxygens (including phenoxy) is 2. The van der Waals surface area contributed by atoms with Crippen molar-refractivity contribution in [2.75, 3.05) is 13.2 Å². The van der Waals surface area contributed by atoms with Crippen molar-refractivity contribution in [3.63, 3.8) is 0 Å². The monoisotopic (exact) mass is 330 g/mol. The summed E-state index contributed by atoms with van der Waals surface area (Å²) in [4.78, 5) is 16.0. The van der Waals surface area contributed by atoms with Crippen molar-refractivity contribution in [3.8, 4) is 0 Å². The van der Waals surface area contributed by atoms with E-state index in [1.807, 2.05) is 30.3 Å². The number of amides is 1. The number of hydrogen-bond acceptors (Lipinski definition) is 4. The van der Waals surface area contributed by atoms with Crippen LogP contribution in [0.3, 0.4) is 0 Å². The molecule has 1 fully saturated rings. The van der Waals surface area contributed by atoms with E-state index in [9.17, 15) is 9.18 Å². The first-order valence-electron chi connectivity index (χ1n) is 7.87. The van der Waals surface area contributed by atoms with E-state index in [2.05, 4.69) is 10.3 Å². The van der Waals surface area contributed by atoms with Gasteiger partial charge in [0, 0.05) is 12.8 Å². The highest BCUT2D eigenvalue weighted by Crippen LogP contribution is 2.15. The topological polar surface area (TPSA) is 60.5 Å². The number of benzene rings is 1. The van der Waals surface area contributed by atoms with E-state index in [1.165, 1.54) is 6.20 Å². The van der Waals surface area contributed by atoms with Crippen molar-refractivity contribution in [2.45, 2.75) is 25.2 Å². The van der Waals surface area contributed by atoms with Gasteiger partial charge in [0.1, 0.15) is 5.82 Å². The third-order valence-corrected chi connectivity index (χ3v) is 3.88. The summed E-state index contributed by atoms with van der Waals surface area (Å²) in [5.41, 5.74) is 1.26. The van der Waals surface area contributed by atoms with Crippen LogP contribution in [0, 0.1) is 5.82 Å². The lowest BCUT2D eigenvalue weighted by molar-refractivity contribution is -0.0605. The summed E-state index contributed by atoms with van der Waals surface area (Å²) in [7, 11) is 0. The Labute approximate surface area is 139 Å². The average Bonchev–Trinajstić information content (AvgIpc) is 2.62. The van der Waals surface area contributed by atoms with Gasteiger partial charge in [0.25, 0.3) is 5.91 Å². The second-order valence-corrected chi connectivity index (χ2v) is 5.67. The molecule has 1 aliphatic heterocycles. The van der Waals surface area contributed by atoms with Crippen LogP contribution in [0.4, 0.5) is 4.39 Å². The number of carbonyl (C=O) groups excluding carboxylic acids is 1. The van der Waals surface area contributed by atoms with Crippen LogP contribution in [-0.2, 0) is 16.1 Å². The van der Waals surface area contributed by atoms with Crippen LogP contribution < -0.4 is 5.32 Å². The second-order valence-electron chi connectivity index (χ2n) is 5.67. The molecule has 6 heteroatoms. The molecule has 1 saturated heterocycles. The maximum absolute atomic E-state index is 13.2. The molecule has 0 radical (unpaired) electrons. The maximum atomic E-state index is 13.2. The molecule has 126 valence electrons. The Kier molecular flexibility index (Phi) is 5.51. The van der Waals surface area contributed by atoms with Crippen LogP contribution >= 0.6 is 0 Å². The Morgan fingerprint density at radius 2 is 2.17 bits per heavy atom. The number of hydrogen-bond donors (Lipinski definition) is 1. The molecular formula is C18H19FN2O3. The van der Waals surface area contributed by atoms with Gasteiger partial charge in [-0.15, -0.1) is 0 Å². The molecule has 1 aromatic heterocycles. The number of aromatic nitrogens is 1.